The van der Waals surface area contributed by atoms with E-state index < -0.39 is 0 Å². The van der Waals surface area contributed by atoms with Gasteiger partial charge in [-0.05, 0) is 31.3 Å². The van der Waals surface area contributed by atoms with Crippen molar-refractivity contribution in [2.45, 2.75) is 32.8 Å². The lowest BCUT2D eigenvalue weighted by Gasteiger charge is -2.36. The number of esters is 1. The molecule has 0 amide bonds. The van der Waals surface area contributed by atoms with Crippen molar-refractivity contribution in [2.75, 3.05) is 0 Å². The van der Waals surface area contributed by atoms with Crippen LogP contribution < -0.4 is 0 Å². The summed E-state index contributed by atoms with van der Waals surface area (Å²) in [5.41, 5.74) is 1.23. The molecule has 2 aliphatic rings. The molecule has 1 aliphatic carbocycles. The van der Waals surface area contributed by atoms with Crippen molar-refractivity contribution in [1.29, 1.82) is 0 Å². The van der Waals surface area contributed by atoms with Gasteiger partial charge >= 0.3 is 5.97 Å². The third-order valence-electron chi connectivity index (χ3n) is 3.10. The Morgan fingerprint density at radius 2 is 2.33 bits per heavy atom. The zero-order valence-corrected chi connectivity index (χ0v) is 7.54. The zero-order valence-electron chi connectivity index (χ0n) is 7.54. The average molecular weight is 166 g/mol. The largest absolute Gasteiger partial charge is 0.458 e. The minimum atomic E-state index is -0.0105. The normalized spacial score (nSPS) is 40.3. The van der Waals surface area contributed by atoms with E-state index in [2.05, 4.69) is 6.08 Å². The van der Waals surface area contributed by atoms with Gasteiger partial charge in [0.2, 0.25) is 0 Å². The first kappa shape index (κ1) is 7.84. The fourth-order valence-electron chi connectivity index (χ4n) is 2.02. The quantitative estimate of drug-likeness (QED) is 0.406. The van der Waals surface area contributed by atoms with Crippen LogP contribution in [0.25, 0.3) is 0 Å². The summed E-state index contributed by atoms with van der Waals surface area (Å²) in [6.07, 6.45) is 4.39. The van der Waals surface area contributed by atoms with E-state index in [4.69, 9.17) is 4.74 Å². The predicted octanol–water partition coefficient (Wildman–Crippen LogP) is 1.90. The summed E-state index contributed by atoms with van der Waals surface area (Å²) in [5, 5.41) is 0. The average Bonchev–Trinajstić information content (AvgIpc) is 2.06. The van der Waals surface area contributed by atoms with Crippen molar-refractivity contribution in [3.8, 4) is 0 Å². The van der Waals surface area contributed by atoms with Gasteiger partial charge in [-0.3, -0.25) is 4.79 Å². The maximum Gasteiger partial charge on any atom is 0.309 e. The minimum absolute atomic E-state index is 0.0105. The van der Waals surface area contributed by atoms with Gasteiger partial charge in [0.25, 0.3) is 0 Å². The van der Waals surface area contributed by atoms with E-state index in [1.165, 1.54) is 5.57 Å². The van der Waals surface area contributed by atoms with Crippen LogP contribution in [-0.2, 0) is 9.53 Å². The van der Waals surface area contributed by atoms with Gasteiger partial charge in [0.05, 0.1) is 5.92 Å². The van der Waals surface area contributed by atoms with Crippen molar-refractivity contribution in [3.05, 3.63) is 11.6 Å². The highest BCUT2D eigenvalue weighted by Gasteiger charge is 2.37. The molecule has 1 fully saturated rings. The Bertz CT molecular complexity index is 242. The zero-order chi connectivity index (χ0) is 8.72. The first-order chi connectivity index (χ1) is 5.68. The van der Waals surface area contributed by atoms with Gasteiger partial charge in [0.15, 0.2) is 0 Å². The Kier molecular flexibility index (Phi) is 1.71. The van der Waals surface area contributed by atoms with Crippen molar-refractivity contribution in [1.82, 2.24) is 0 Å². The molecular weight excluding hydrogens is 152 g/mol. The van der Waals surface area contributed by atoms with Crippen molar-refractivity contribution in [2.24, 2.45) is 11.8 Å². The third kappa shape index (κ3) is 1.06. The lowest BCUT2D eigenvalue weighted by atomic mass is 9.78. The summed E-state index contributed by atoms with van der Waals surface area (Å²) in [6.45, 7) is 4.02. The summed E-state index contributed by atoms with van der Waals surface area (Å²) in [4.78, 5) is 11.3. The Hall–Kier alpha value is -0.790. The van der Waals surface area contributed by atoms with Crippen LogP contribution in [0, 0.1) is 11.8 Å². The fraction of sp³-hybridized carbons (Fsp3) is 0.700. The molecule has 0 aromatic rings. The first-order valence-corrected chi connectivity index (χ1v) is 4.55. The number of allylic oxidation sites excluding steroid dienone is 1. The summed E-state index contributed by atoms with van der Waals surface area (Å²) in [7, 11) is 0. The number of hydrogen-bond donors (Lipinski definition) is 0. The molecule has 0 spiro atoms. The maximum atomic E-state index is 11.3. The van der Waals surface area contributed by atoms with Crippen molar-refractivity contribution >= 4 is 5.97 Å². The predicted molar refractivity (Wildman–Crippen MR) is 45.5 cm³/mol. The number of fused-ring (bicyclic) bond motifs is 2. The van der Waals surface area contributed by atoms with Gasteiger partial charge in [-0.1, -0.05) is 13.0 Å². The number of carbonyl (C=O) groups is 1. The fourth-order valence-corrected chi connectivity index (χ4v) is 2.02. The summed E-state index contributed by atoms with van der Waals surface area (Å²) in [6, 6.07) is 0. The molecule has 0 radical (unpaired) electrons. The van der Waals surface area contributed by atoms with Crippen LogP contribution >= 0.6 is 0 Å². The van der Waals surface area contributed by atoms with E-state index in [1.807, 2.05) is 13.8 Å². The van der Waals surface area contributed by atoms with E-state index in [9.17, 15) is 4.79 Å². The monoisotopic (exact) mass is 166 g/mol. The second-order valence-corrected chi connectivity index (χ2v) is 3.89. The highest BCUT2D eigenvalue weighted by atomic mass is 16.5. The van der Waals surface area contributed by atoms with Gasteiger partial charge in [-0.25, -0.2) is 0 Å². The number of hydrogen-bond acceptors (Lipinski definition) is 2. The van der Waals surface area contributed by atoms with Crippen LogP contribution in [0.4, 0.5) is 0 Å². The van der Waals surface area contributed by atoms with Crippen LogP contribution in [0.1, 0.15) is 26.7 Å². The van der Waals surface area contributed by atoms with Gasteiger partial charge in [0.1, 0.15) is 6.10 Å². The van der Waals surface area contributed by atoms with Crippen LogP contribution in [0.2, 0.25) is 0 Å². The Morgan fingerprint density at radius 3 is 3.08 bits per heavy atom. The summed E-state index contributed by atoms with van der Waals surface area (Å²) >= 11 is 0. The Balaban J connectivity index is 2.24. The summed E-state index contributed by atoms with van der Waals surface area (Å²) in [5.74, 6) is 0.620. The first-order valence-electron chi connectivity index (χ1n) is 4.55. The summed E-state index contributed by atoms with van der Waals surface area (Å²) < 4.78 is 5.27. The van der Waals surface area contributed by atoms with E-state index >= 15 is 0 Å². The van der Waals surface area contributed by atoms with Crippen LogP contribution in [-0.4, -0.2) is 12.1 Å². The molecule has 2 nitrogen and oxygen atoms in total. The van der Waals surface area contributed by atoms with Crippen LogP contribution in [0.5, 0.6) is 0 Å². The number of rotatable bonds is 0. The molecule has 2 heteroatoms. The van der Waals surface area contributed by atoms with Crippen LogP contribution in [0.3, 0.4) is 0 Å². The molecule has 66 valence electrons. The van der Waals surface area contributed by atoms with Gasteiger partial charge in [0, 0.05) is 0 Å². The molecule has 2 rings (SSSR count). The molecule has 3 atom stereocenters. The van der Waals surface area contributed by atoms with E-state index in [0.717, 1.165) is 12.8 Å². The molecule has 1 saturated heterocycles. The third-order valence-corrected chi connectivity index (χ3v) is 3.10. The van der Waals surface area contributed by atoms with Gasteiger partial charge in [-0.15, -0.1) is 0 Å². The number of ether oxygens (including phenoxy) is 1. The SMILES string of the molecule is CC1=CC[C@H]2C[C@@H]1OC(=O)C2C. The van der Waals surface area contributed by atoms with Crippen molar-refractivity contribution in [3.63, 3.8) is 0 Å². The topological polar surface area (TPSA) is 26.3 Å². The van der Waals surface area contributed by atoms with E-state index in [1.54, 1.807) is 0 Å². The Labute approximate surface area is 72.6 Å². The highest BCUT2D eigenvalue weighted by Crippen LogP contribution is 2.36. The van der Waals surface area contributed by atoms with E-state index in [-0.39, 0.29) is 18.0 Å². The Morgan fingerprint density at radius 1 is 1.58 bits per heavy atom. The second-order valence-electron chi connectivity index (χ2n) is 3.89. The molecular formula is C10H14O2. The minimum Gasteiger partial charge on any atom is -0.458 e. The maximum absolute atomic E-state index is 11.3. The molecule has 0 aromatic carbocycles. The molecule has 1 unspecified atom stereocenters. The molecule has 1 aliphatic heterocycles. The van der Waals surface area contributed by atoms with Crippen LogP contribution in [0.15, 0.2) is 11.6 Å². The molecule has 12 heavy (non-hydrogen) atoms. The molecule has 2 bridgehead atoms. The standard InChI is InChI=1S/C10H14O2/c1-6-3-4-8-5-9(6)12-10(11)7(8)2/h3,7-9H,4-5H2,1-2H3/t7?,8-,9-/m0/s1. The van der Waals surface area contributed by atoms with Crippen molar-refractivity contribution < 1.29 is 9.53 Å². The molecule has 0 aromatic heterocycles. The van der Waals surface area contributed by atoms with E-state index in [0.29, 0.717) is 5.92 Å². The molecule has 0 N–H and O–H groups in total. The van der Waals surface area contributed by atoms with Gasteiger partial charge in [-0.2, -0.15) is 0 Å². The van der Waals surface area contributed by atoms with Gasteiger partial charge < -0.3 is 4.74 Å². The smallest absolute Gasteiger partial charge is 0.309 e. The lowest BCUT2D eigenvalue weighted by molar-refractivity contribution is -0.162. The highest BCUT2D eigenvalue weighted by molar-refractivity contribution is 5.74. The second kappa shape index (κ2) is 2.61. The number of carbonyl (C=O) groups excluding carboxylic acids is 1. The molecule has 0 saturated carbocycles. The molecule has 1 heterocycles. The lowest BCUT2D eigenvalue weighted by Crippen LogP contribution is -2.39.